The molecular formula is C10H20N4O. The molecule has 0 radical (unpaired) electrons. The van der Waals surface area contributed by atoms with E-state index < -0.39 is 0 Å². The highest BCUT2D eigenvalue weighted by Crippen LogP contribution is 2.22. The molecule has 1 heterocycles. The largest absolute Gasteiger partial charge is 0.396 e. The van der Waals surface area contributed by atoms with Crippen LogP contribution in [0.2, 0.25) is 0 Å². The van der Waals surface area contributed by atoms with E-state index in [1.165, 1.54) is 38.3 Å². The van der Waals surface area contributed by atoms with Crippen molar-refractivity contribution in [2.45, 2.75) is 32.1 Å². The van der Waals surface area contributed by atoms with Crippen molar-refractivity contribution in [3.05, 3.63) is 6.20 Å². The lowest BCUT2D eigenvalue weighted by molar-refractivity contribution is 0.190. The molecule has 5 heteroatoms. The summed E-state index contributed by atoms with van der Waals surface area (Å²) >= 11 is 0. The molecule has 2 rings (SSSR count). The van der Waals surface area contributed by atoms with E-state index >= 15 is 0 Å². The minimum atomic E-state index is 0.417. The van der Waals surface area contributed by atoms with Gasteiger partial charge in [-0.05, 0) is 18.8 Å². The first-order chi connectivity index (χ1) is 7.24. The average Bonchev–Trinajstić information content (AvgIpc) is 2.65. The van der Waals surface area contributed by atoms with Crippen LogP contribution in [0.4, 0.5) is 11.5 Å². The molecule has 6 N–H and O–H groups in total. The Morgan fingerprint density at radius 1 is 1.33 bits per heavy atom. The summed E-state index contributed by atoms with van der Waals surface area (Å²) in [5.41, 5.74) is 10.9. The zero-order valence-corrected chi connectivity index (χ0v) is 8.95. The molecule has 0 unspecified atom stereocenters. The summed E-state index contributed by atoms with van der Waals surface area (Å²) in [6.45, 7) is 0.417. The first-order valence-corrected chi connectivity index (χ1v) is 5.39. The molecule has 86 valence electrons. The van der Waals surface area contributed by atoms with Gasteiger partial charge >= 0.3 is 0 Å². The second-order valence-electron chi connectivity index (χ2n) is 3.93. The quantitative estimate of drug-likeness (QED) is 0.560. The molecule has 1 aliphatic carbocycles. The van der Waals surface area contributed by atoms with Gasteiger partial charge in [0.15, 0.2) is 0 Å². The monoisotopic (exact) mass is 212 g/mol. The Balaban J connectivity index is 0.000000151. The molecular weight excluding hydrogens is 192 g/mol. The molecule has 0 bridgehead atoms. The number of hydrogen-bond donors (Lipinski definition) is 4. The average molecular weight is 212 g/mol. The van der Waals surface area contributed by atoms with Crippen LogP contribution in [-0.4, -0.2) is 21.9 Å². The number of nitrogens with two attached hydrogens (primary N) is 2. The Labute approximate surface area is 89.9 Å². The number of aliphatic hydroxyl groups is 1. The summed E-state index contributed by atoms with van der Waals surface area (Å²) in [6, 6.07) is 0. The van der Waals surface area contributed by atoms with Gasteiger partial charge in [-0.3, -0.25) is 5.10 Å². The van der Waals surface area contributed by atoms with Crippen molar-refractivity contribution in [3.63, 3.8) is 0 Å². The van der Waals surface area contributed by atoms with Gasteiger partial charge in [0.2, 0.25) is 0 Å². The number of anilines is 2. The van der Waals surface area contributed by atoms with Gasteiger partial charge < -0.3 is 16.6 Å². The lowest BCUT2D eigenvalue weighted by Gasteiger charge is -2.18. The van der Waals surface area contributed by atoms with E-state index in [1.807, 2.05) is 0 Å². The van der Waals surface area contributed by atoms with E-state index in [1.54, 1.807) is 0 Å². The Kier molecular flexibility index (Phi) is 4.97. The van der Waals surface area contributed by atoms with Crippen LogP contribution in [0.25, 0.3) is 0 Å². The van der Waals surface area contributed by atoms with Crippen LogP contribution in [0.1, 0.15) is 32.1 Å². The third-order valence-corrected chi connectivity index (χ3v) is 2.68. The van der Waals surface area contributed by atoms with Crippen LogP contribution in [0, 0.1) is 5.92 Å². The molecule has 0 aromatic carbocycles. The van der Waals surface area contributed by atoms with E-state index in [-0.39, 0.29) is 0 Å². The molecule has 0 amide bonds. The Morgan fingerprint density at radius 3 is 2.27 bits per heavy atom. The van der Waals surface area contributed by atoms with Crippen LogP contribution in [-0.2, 0) is 0 Å². The number of rotatable bonds is 1. The number of nitrogens with one attached hydrogen (secondary N) is 1. The normalized spacial score (nSPS) is 16.9. The fourth-order valence-electron chi connectivity index (χ4n) is 1.68. The SMILES string of the molecule is Nc1cn[nH]c1N.OCC1CCCCC1. The maximum absolute atomic E-state index is 8.69. The molecule has 5 nitrogen and oxygen atoms in total. The molecule has 0 saturated heterocycles. The van der Waals surface area contributed by atoms with Crippen molar-refractivity contribution < 1.29 is 5.11 Å². The Hall–Kier alpha value is -1.23. The standard InChI is InChI=1S/C7H14O.C3H6N4/c8-6-7-4-2-1-3-5-7;4-2-1-6-7-3(2)5/h7-8H,1-6H2;1H,4H2,(H3,5,6,7). The number of H-pyrrole nitrogens is 1. The second kappa shape index (κ2) is 6.29. The molecule has 15 heavy (non-hydrogen) atoms. The number of aromatic amines is 1. The predicted molar refractivity (Wildman–Crippen MR) is 61.1 cm³/mol. The topological polar surface area (TPSA) is 101 Å². The molecule has 1 fully saturated rings. The highest BCUT2D eigenvalue weighted by Gasteiger charge is 2.10. The van der Waals surface area contributed by atoms with Crippen LogP contribution >= 0.6 is 0 Å². The van der Waals surface area contributed by atoms with Gasteiger partial charge in [-0.25, -0.2) is 0 Å². The van der Waals surface area contributed by atoms with Crippen molar-refractivity contribution in [2.75, 3.05) is 18.1 Å². The fraction of sp³-hybridized carbons (Fsp3) is 0.700. The lowest BCUT2D eigenvalue weighted by atomic mass is 9.90. The number of nitrogen functional groups attached to an aromatic ring is 2. The first-order valence-electron chi connectivity index (χ1n) is 5.39. The number of aromatic nitrogens is 2. The third kappa shape index (κ3) is 4.20. The van der Waals surface area contributed by atoms with Crippen molar-refractivity contribution >= 4 is 11.5 Å². The Morgan fingerprint density at radius 2 is 2.00 bits per heavy atom. The predicted octanol–water partition coefficient (Wildman–Crippen LogP) is 1.13. The lowest BCUT2D eigenvalue weighted by Crippen LogP contribution is -2.09. The van der Waals surface area contributed by atoms with Gasteiger partial charge in [-0.1, -0.05) is 19.3 Å². The molecule has 1 saturated carbocycles. The van der Waals surface area contributed by atoms with E-state index in [0.717, 1.165) is 0 Å². The summed E-state index contributed by atoms with van der Waals surface area (Å²) < 4.78 is 0. The number of aliphatic hydroxyl groups excluding tert-OH is 1. The zero-order chi connectivity index (χ0) is 11.1. The van der Waals surface area contributed by atoms with Gasteiger partial charge in [0, 0.05) is 6.61 Å². The zero-order valence-electron chi connectivity index (χ0n) is 8.95. The van der Waals surface area contributed by atoms with Gasteiger partial charge in [0.05, 0.1) is 11.9 Å². The summed E-state index contributed by atoms with van der Waals surface area (Å²) in [7, 11) is 0. The van der Waals surface area contributed by atoms with Crippen molar-refractivity contribution in [1.82, 2.24) is 10.2 Å². The highest BCUT2D eigenvalue weighted by atomic mass is 16.3. The van der Waals surface area contributed by atoms with E-state index in [4.69, 9.17) is 16.6 Å². The Bertz CT molecular complexity index is 252. The van der Waals surface area contributed by atoms with E-state index in [2.05, 4.69) is 10.2 Å². The van der Waals surface area contributed by atoms with E-state index in [0.29, 0.717) is 24.0 Å². The number of nitrogens with zero attached hydrogens (tertiary/aromatic N) is 1. The summed E-state index contributed by atoms with van der Waals surface area (Å²) in [4.78, 5) is 0. The van der Waals surface area contributed by atoms with Gasteiger partial charge in [-0.15, -0.1) is 0 Å². The molecule has 1 aromatic rings. The van der Waals surface area contributed by atoms with Gasteiger partial charge in [0.1, 0.15) is 5.82 Å². The number of hydrogen-bond acceptors (Lipinski definition) is 4. The van der Waals surface area contributed by atoms with Crippen LogP contribution < -0.4 is 11.5 Å². The smallest absolute Gasteiger partial charge is 0.142 e. The van der Waals surface area contributed by atoms with E-state index in [9.17, 15) is 0 Å². The summed E-state index contributed by atoms with van der Waals surface area (Å²) in [5, 5.41) is 14.7. The third-order valence-electron chi connectivity index (χ3n) is 2.68. The minimum Gasteiger partial charge on any atom is -0.396 e. The van der Waals surface area contributed by atoms with Crippen molar-refractivity contribution in [1.29, 1.82) is 0 Å². The molecule has 0 aliphatic heterocycles. The molecule has 0 atom stereocenters. The fourth-order valence-corrected chi connectivity index (χ4v) is 1.68. The highest BCUT2D eigenvalue weighted by molar-refractivity contribution is 5.55. The summed E-state index contributed by atoms with van der Waals surface area (Å²) in [6.07, 6.45) is 8.05. The van der Waals surface area contributed by atoms with Gasteiger partial charge in [-0.2, -0.15) is 5.10 Å². The molecule has 1 aromatic heterocycles. The van der Waals surface area contributed by atoms with Gasteiger partial charge in [0.25, 0.3) is 0 Å². The van der Waals surface area contributed by atoms with Crippen LogP contribution in [0.15, 0.2) is 6.20 Å². The van der Waals surface area contributed by atoms with Crippen molar-refractivity contribution in [3.8, 4) is 0 Å². The molecule has 1 aliphatic rings. The summed E-state index contributed by atoms with van der Waals surface area (Å²) in [5.74, 6) is 1.07. The maximum atomic E-state index is 8.69. The van der Waals surface area contributed by atoms with Crippen molar-refractivity contribution in [2.24, 2.45) is 5.92 Å². The second-order valence-corrected chi connectivity index (χ2v) is 3.93. The molecule has 0 spiro atoms. The maximum Gasteiger partial charge on any atom is 0.142 e. The first kappa shape index (κ1) is 11.8. The minimum absolute atomic E-state index is 0.417. The van der Waals surface area contributed by atoms with Crippen LogP contribution in [0.3, 0.4) is 0 Å². The van der Waals surface area contributed by atoms with Crippen LogP contribution in [0.5, 0.6) is 0 Å².